The van der Waals surface area contributed by atoms with Crippen molar-refractivity contribution >= 4 is 6.16 Å². The van der Waals surface area contributed by atoms with Gasteiger partial charge in [0.15, 0.2) is 0 Å². The monoisotopic (exact) mass is 326 g/mol. The molecule has 0 radical (unpaired) electrons. The molecule has 2 aromatic rings. The minimum atomic E-state index is -1.20. The number of carboxylic acid groups (broad SMARTS) is 1. The van der Waals surface area contributed by atoms with Crippen LogP contribution < -0.4 is 0 Å². The molecule has 3 nitrogen and oxygen atoms in total. The van der Waals surface area contributed by atoms with E-state index in [-0.39, 0.29) is 6.10 Å². The smallest absolute Gasteiger partial charge is 0.450 e. The number of unbranched alkanes of at least 4 members (excludes halogenated alkanes) is 2. The van der Waals surface area contributed by atoms with E-state index in [0.29, 0.717) is 0 Å². The lowest BCUT2D eigenvalue weighted by molar-refractivity contribution is 0.0461. The second-order valence-corrected chi connectivity index (χ2v) is 6.01. The van der Waals surface area contributed by atoms with Crippen LogP contribution in [0.2, 0.25) is 0 Å². The number of rotatable bonds is 9. The van der Waals surface area contributed by atoms with Gasteiger partial charge in [-0.15, -0.1) is 0 Å². The lowest BCUT2D eigenvalue weighted by atomic mass is 9.96. The Morgan fingerprint density at radius 1 is 1.00 bits per heavy atom. The zero-order valence-corrected chi connectivity index (χ0v) is 14.3. The van der Waals surface area contributed by atoms with Gasteiger partial charge in [-0.2, -0.15) is 0 Å². The number of aryl methyl sites for hydroxylation is 2. The standard InChI is InChI=1S/C21H26O3/c1-2-18-14-9-10-15-19(18)20(24-21(22)23)16-8-4-7-13-17-11-5-3-6-12-17/h3,5-6,9-12,14-15,20H,2,4,7-8,13,16H2,1H3,(H,22,23). The van der Waals surface area contributed by atoms with E-state index in [1.54, 1.807) is 0 Å². The fraction of sp³-hybridized carbons (Fsp3) is 0.381. The summed E-state index contributed by atoms with van der Waals surface area (Å²) in [6.07, 6.45) is 4.26. The molecule has 0 aromatic heterocycles. The van der Waals surface area contributed by atoms with Crippen molar-refractivity contribution < 1.29 is 14.6 Å². The number of ether oxygens (including phenoxy) is 1. The van der Waals surface area contributed by atoms with Crippen LogP contribution in [0.1, 0.15) is 55.4 Å². The predicted octanol–water partition coefficient (Wildman–Crippen LogP) is 5.79. The van der Waals surface area contributed by atoms with Crippen LogP contribution in [0.3, 0.4) is 0 Å². The zero-order valence-electron chi connectivity index (χ0n) is 14.3. The summed E-state index contributed by atoms with van der Waals surface area (Å²) in [7, 11) is 0. The minimum Gasteiger partial charge on any atom is -0.450 e. The van der Waals surface area contributed by atoms with Crippen molar-refractivity contribution in [3.05, 3.63) is 71.3 Å². The molecule has 2 aromatic carbocycles. The van der Waals surface area contributed by atoms with Crippen molar-refractivity contribution in [2.75, 3.05) is 0 Å². The van der Waals surface area contributed by atoms with E-state index in [9.17, 15) is 4.79 Å². The first-order chi connectivity index (χ1) is 11.7. The highest BCUT2D eigenvalue weighted by molar-refractivity contribution is 5.57. The average molecular weight is 326 g/mol. The molecule has 0 amide bonds. The summed E-state index contributed by atoms with van der Waals surface area (Å²) in [5.74, 6) is 0. The van der Waals surface area contributed by atoms with Crippen LogP contribution in [0.4, 0.5) is 4.79 Å². The molecule has 1 N–H and O–H groups in total. The van der Waals surface area contributed by atoms with Crippen molar-refractivity contribution in [2.45, 2.75) is 51.6 Å². The van der Waals surface area contributed by atoms with Crippen LogP contribution in [0.15, 0.2) is 54.6 Å². The van der Waals surface area contributed by atoms with Gasteiger partial charge in [0, 0.05) is 0 Å². The summed E-state index contributed by atoms with van der Waals surface area (Å²) >= 11 is 0. The molecule has 24 heavy (non-hydrogen) atoms. The van der Waals surface area contributed by atoms with E-state index in [0.717, 1.165) is 49.7 Å². The maximum atomic E-state index is 11.0. The predicted molar refractivity (Wildman–Crippen MR) is 96.3 cm³/mol. The number of carbonyl (C=O) groups is 1. The van der Waals surface area contributed by atoms with Gasteiger partial charge in [-0.25, -0.2) is 4.79 Å². The third-order valence-electron chi connectivity index (χ3n) is 4.30. The Bertz CT molecular complexity index is 622. The molecule has 0 fully saturated rings. The van der Waals surface area contributed by atoms with Crippen molar-refractivity contribution in [3.63, 3.8) is 0 Å². The van der Waals surface area contributed by atoms with Gasteiger partial charge in [-0.05, 0) is 48.8 Å². The number of benzene rings is 2. The third kappa shape index (κ3) is 5.73. The van der Waals surface area contributed by atoms with E-state index in [4.69, 9.17) is 9.84 Å². The fourth-order valence-electron chi connectivity index (χ4n) is 3.05. The topological polar surface area (TPSA) is 46.5 Å². The van der Waals surface area contributed by atoms with Crippen molar-refractivity contribution in [1.29, 1.82) is 0 Å². The highest BCUT2D eigenvalue weighted by Gasteiger charge is 2.18. The van der Waals surface area contributed by atoms with Crippen molar-refractivity contribution in [1.82, 2.24) is 0 Å². The fourth-order valence-corrected chi connectivity index (χ4v) is 3.05. The molecule has 0 bridgehead atoms. The normalized spacial score (nSPS) is 11.9. The van der Waals surface area contributed by atoms with E-state index < -0.39 is 6.16 Å². The molecular weight excluding hydrogens is 300 g/mol. The summed E-state index contributed by atoms with van der Waals surface area (Å²) in [4.78, 5) is 11.0. The molecule has 0 saturated carbocycles. The van der Waals surface area contributed by atoms with E-state index in [2.05, 4.69) is 31.2 Å². The van der Waals surface area contributed by atoms with E-state index in [1.165, 1.54) is 5.56 Å². The number of hydrogen-bond acceptors (Lipinski definition) is 2. The Hall–Kier alpha value is -2.29. The summed E-state index contributed by atoms with van der Waals surface area (Å²) in [6, 6.07) is 18.4. The highest BCUT2D eigenvalue weighted by atomic mass is 16.7. The molecule has 128 valence electrons. The molecular formula is C21H26O3. The Labute approximate surface area is 144 Å². The van der Waals surface area contributed by atoms with Gasteiger partial charge in [0.2, 0.25) is 0 Å². The van der Waals surface area contributed by atoms with Gasteiger partial charge in [0.1, 0.15) is 6.10 Å². The zero-order chi connectivity index (χ0) is 17.2. The maximum absolute atomic E-state index is 11.0. The van der Waals surface area contributed by atoms with Crippen LogP contribution >= 0.6 is 0 Å². The van der Waals surface area contributed by atoms with Crippen molar-refractivity contribution in [2.24, 2.45) is 0 Å². The second kappa shape index (κ2) is 9.76. The first-order valence-corrected chi connectivity index (χ1v) is 8.72. The number of hydrogen-bond donors (Lipinski definition) is 1. The van der Waals surface area contributed by atoms with Gasteiger partial charge in [-0.1, -0.05) is 67.9 Å². The van der Waals surface area contributed by atoms with Crippen LogP contribution in [0, 0.1) is 0 Å². The lowest BCUT2D eigenvalue weighted by Crippen LogP contribution is -2.11. The minimum absolute atomic E-state index is 0.365. The van der Waals surface area contributed by atoms with E-state index in [1.807, 2.05) is 30.3 Å². The van der Waals surface area contributed by atoms with Crippen LogP contribution in [0.5, 0.6) is 0 Å². The molecule has 1 unspecified atom stereocenters. The molecule has 0 aliphatic carbocycles. The summed E-state index contributed by atoms with van der Waals surface area (Å²) in [5, 5.41) is 9.04. The largest absolute Gasteiger partial charge is 0.506 e. The molecule has 0 aliphatic heterocycles. The third-order valence-corrected chi connectivity index (χ3v) is 4.30. The van der Waals surface area contributed by atoms with E-state index >= 15 is 0 Å². The Morgan fingerprint density at radius 3 is 2.42 bits per heavy atom. The summed E-state index contributed by atoms with van der Waals surface area (Å²) in [6.45, 7) is 2.08. The second-order valence-electron chi connectivity index (χ2n) is 6.01. The first-order valence-electron chi connectivity index (χ1n) is 8.72. The lowest BCUT2D eigenvalue weighted by Gasteiger charge is -2.19. The Morgan fingerprint density at radius 2 is 1.71 bits per heavy atom. The first kappa shape index (κ1) is 18.1. The average Bonchev–Trinajstić information content (AvgIpc) is 2.61. The van der Waals surface area contributed by atoms with Gasteiger partial charge >= 0.3 is 6.16 Å². The molecule has 0 saturated heterocycles. The van der Waals surface area contributed by atoms with Crippen LogP contribution in [-0.4, -0.2) is 11.3 Å². The molecule has 2 rings (SSSR count). The van der Waals surface area contributed by atoms with Gasteiger partial charge < -0.3 is 9.84 Å². The van der Waals surface area contributed by atoms with Gasteiger partial charge in [0.05, 0.1) is 0 Å². The van der Waals surface area contributed by atoms with Crippen molar-refractivity contribution in [3.8, 4) is 0 Å². The van der Waals surface area contributed by atoms with Gasteiger partial charge in [0.25, 0.3) is 0 Å². The summed E-state index contributed by atoms with van der Waals surface area (Å²) < 4.78 is 5.16. The summed E-state index contributed by atoms with van der Waals surface area (Å²) in [5.41, 5.74) is 3.52. The van der Waals surface area contributed by atoms with Crippen LogP contribution in [0.25, 0.3) is 0 Å². The molecule has 0 aliphatic rings. The Balaban J connectivity index is 1.86. The Kier molecular flexibility index (Phi) is 7.34. The quantitative estimate of drug-likeness (QED) is 0.469. The molecule has 0 spiro atoms. The maximum Gasteiger partial charge on any atom is 0.506 e. The van der Waals surface area contributed by atoms with Crippen LogP contribution in [-0.2, 0) is 17.6 Å². The highest BCUT2D eigenvalue weighted by Crippen LogP contribution is 2.27. The molecule has 3 heteroatoms. The molecule has 1 atom stereocenters. The SMILES string of the molecule is CCc1ccccc1C(CCCCCc1ccccc1)OC(=O)O. The van der Waals surface area contributed by atoms with Gasteiger partial charge in [-0.3, -0.25) is 0 Å². The molecule has 0 heterocycles.